The van der Waals surface area contributed by atoms with E-state index < -0.39 is 23.1 Å². The molecule has 2 amide bonds. The molecule has 0 radical (unpaired) electrons. The van der Waals surface area contributed by atoms with E-state index in [0.29, 0.717) is 25.9 Å². The molecule has 1 saturated heterocycles. The minimum absolute atomic E-state index is 0.0717. The van der Waals surface area contributed by atoms with Gasteiger partial charge in [-0.1, -0.05) is 18.2 Å². The van der Waals surface area contributed by atoms with Gasteiger partial charge in [-0.2, -0.15) is 13.2 Å². The molecule has 1 heterocycles. The molecule has 2 rings (SSSR count). The van der Waals surface area contributed by atoms with Crippen LogP contribution in [0, 0.1) is 5.41 Å². The van der Waals surface area contributed by atoms with E-state index in [1.807, 2.05) is 0 Å². The van der Waals surface area contributed by atoms with Gasteiger partial charge in [-0.3, -0.25) is 4.79 Å². The number of halogens is 3. The van der Waals surface area contributed by atoms with Gasteiger partial charge in [-0.15, -0.1) is 0 Å². The first-order chi connectivity index (χ1) is 13.7. The van der Waals surface area contributed by atoms with Gasteiger partial charge in [-0.25, -0.2) is 4.79 Å². The van der Waals surface area contributed by atoms with Crippen LogP contribution in [0.5, 0.6) is 0 Å². The Balaban J connectivity index is 1.93. The van der Waals surface area contributed by atoms with Gasteiger partial charge in [0.05, 0.1) is 18.6 Å². The second kappa shape index (κ2) is 9.96. The Hall–Kier alpha value is -2.29. The lowest BCUT2D eigenvalue weighted by Gasteiger charge is -2.41. The first-order valence-corrected chi connectivity index (χ1v) is 9.65. The van der Waals surface area contributed by atoms with E-state index >= 15 is 0 Å². The molecular weight excluding hydrogens is 389 g/mol. The monoisotopic (exact) mass is 416 g/mol. The number of carbonyl (C=O) groups excluding carboxylic acids is 2. The minimum atomic E-state index is -4.45. The van der Waals surface area contributed by atoms with Crippen molar-refractivity contribution < 1.29 is 32.6 Å². The molecule has 29 heavy (non-hydrogen) atoms. The summed E-state index contributed by atoms with van der Waals surface area (Å²) in [5.41, 5.74) is -1.24. The zero-order chi connectivity index (χ0) is 21.5. The van der Waals surface area contributed by atoms with E-state index in [1.165, 1.54) is 12.1 Å². The van der Waals surface area contributed by atoms with Gasteiger partial charge in [0.2, 0.25) is 0 Å². The van der Waals surface area contributed by atoms with Crippen molar-refractivity contribution in [3.05, 3.63) is 35.4 Å². The normalized spacial score (nSPS) is 16.4. The topological polar surface area (TPSA) is 78.9 Å². The fraction of sp³-hybridized carbons (Fsp3) is 0.600. The molecule has 0 spiro atoms. The summed E-state index contributed by atoms with van der Waals surface area (Å²) in [6, 6.07) is 5.06. The van der Waals surface area contributed by atoms with Crippen molar-refractivity contribution in [1.82, 2.24) is 10.2 Å². The second-order valence-electron chi connectivity index (χ2n) is 7.26. The Morgan fingerprint density at radius 3 is 2.48 bits per heavy atom. The zero-order valence-corrected chi connectivity index (χ0v) is 16.4. The average Bonchev–Trinajstić information content (AvgIpc) is 2.68. The predicted molar refractivity (Wildman–Crippen MR) is 100 cm³/mol. The summed E-state index contributed by atoms with van der Waals surface area (Å²) < 4.78 is 44.6. The number of piperidine rings is 1. The van der Waals surface area contributed by atoms with E-state index in [2.05, 4.69) is 5.32 Å². The number of esters is 1. The Bertz CT molecular complexity index is 701. The Labute approximate surface area is 168 Å². The number of hydrogen-bond acceptors (Lipinski definition) is 4. The van der Waals surface area contributed by atoms with Crippen molar-refractivity contribution in [1.29, 1.82) is 0 Å². The van der Waals surface area contributed by atoms with E-state index in [-0.39, 0.29) is 44.2 Å². The summed E-state index contributed by atoms with van der Waals surface area (Å²) in [6.45, 7) is 2.51. The van der Waals surface area contributed by atoms with Gasteiger partial charge in [-0.05, 0) is 37.8 Å². The molecule has 1 fully saturated rings. The van der Waals surface area contributed by atoms with E-state index in [0.717, 1.165) is 6.07 Å². The van der Waals surface area contributed by atoms with Crippen LogP contribution in [-0.4, -0.2) is 54.9 Å². The van der Waals surface area contributed by atoms with Crippen LogP contribution in [0.15, 0.2) is 24.3 Å². The number of rotatable bonds is 7. The van der Waals surface area contributed by atoms with Gasteiger partial charge < -0.3 is 20.1 Å². The molecule has 0 aromatic heterocycles. The van der Waals surface area contributed by atoms with Crippen molar-refractivity contribution in [2.24, 2.45) is 5.41 Å². The third kappa shape index (κ3) is 6.35. The smallest absolute Gasteiger partial charge is 0.416 e. The van der Waals surface area contributed by atoms with Crippen LogP contribution in [0.3, 0.4) is 0 Å². The molecule has 0 unspecified atom stereocenters. The molecule has 0 aliphatic carbocycles. The maximum Gasteiger partial charge on any atom is 0.416 e. The van der Waals surface area contributed by atoms with E-state index in [9.17, 15) is 27.9 Å². The van der Waals surface area contributed by atoms with Gasteiger partial charge in [0.25, 0.3) is 0 Å². The number of carbonyl (C=O) groups is 2. The summed E-state index contributed by atoms with van der Waals surface area (Å²) in [5.74, 6) is -0.394. The molecule has 0 bridgehead atoms. The van der Waals surface area contributed by atoms with Crippen LogP contribution in [0.2, 0.25) is 0 Å². The molecule has 6 nitrogen and oxygen atoms in total. The fourth-order valence-electron chi connectivity index (χ4n) is 3.55. The first-order valence-electron chi connectivity index (χ1n) is 9.65. The number of nitrogens with one attached hydrogen (secondary N) is 1. The number of amides is 2. The summed E-state index contributed by atoms with van der Waals surface area (Å²) >= 11 is 0. The van der Waals surface area contributed by atoms with Crippen molar-refractivity contribution in [2.75, 3.05) is 32.8 Å². The summed E-state index contributed by atoms with van der Waals surface area (Å²) in [4.78, 5) is 25.1. The van der Waals surface area contributed by atoms with Gasteiger partial charge in [0.1, 0.15) is 0 Å². The van der Waals surface area contributed by atoms with Crippen LogP contribution in [0.1, 0.15) is 37.3 Å². The van der Waals surface area contributed by atoms with Crippen molar-refractivity contribution in [3.8, 4) is 0 Å². The van der Waals surface area contributed by atoms with Gasteiger partial charge >= 0.3 is 18.2 Å². The second-order valence-corrected chi connectivity index (χ2v) is 7.26. The van der Waals surface area contributed by atoms with Crippen LogP contribution in [0.4, 0.5) is 18.0 Å². The molecule has 2 N–H and O–H groups in total. The lowest BCUT2D eigenvalue weighted by atomic mass is 9.73. The Morgan fingerprint density at radius 2 is 1.90 bits per heavy atom. The minimum Gasteiger partial charge on any atom is -0.466 e. The largest absolute Gasteiger partial charge is 0.466 e. The number of aliphatic hydroxyl groups is 1. The fourth-order valence-corrected chi connectivity index (χ4v) is 3.55. The third-order valence-corrected chi connectivity index (χ3v) is 5.25. The van der Waals surface area contributed by atoms with Crippen molar-refractivity contribution in [2.45, 2.75) is 38.8 Å². The van der Waals surface area contributed by atoms with Crippen LogP contribution < -0.4 is 5.32 Å². The van der Waals surface area contributed by atoms with Crippen LogP contribution >= 0.6 is 0 Å². The SMILES string of the molecule is CCOC(=O)CCNC(=O)N1CCC(CO)(Cc2ccccc2C(F)(F)F)CC1. The quantitative estimate of drug-likeness (QED) is 0.670. The predicted octanol–water partition coefficient (Wildman–Crippen LogP) is 2.99. The maximum absolute atomic E-state index is 13.3. The van der Waals surface area contributed by atoms with Crippen molar-refractivity contribution in [3.63, 3.8) is 0 Å². The lowest BCUT2D eigenvalue weighted by molar-refractivity contribution is -0.143. The highest BCUT2D eigenvalue weighted by atomic mass is 19.4. The molecule has 1 aromatic carbocycles. The summed E-state index contributed by atoms with van der Waals surface area (Å²) in [6.07, 6.45) is -3.51. The molecule has 162 valence electrons. The molecule has 1 aliphatic rings. The molecule has 1 aliphatic heterocycles. The standard InChI is InChI=1S/C20H27F3N2O4/c1-2-29-17(27)7-10-24-18(28)25-11-8-19(14-26,9-12-25)13-15-5-3-4-6-16(15)20(21,22)23/h3-6,26H,2,7-14H2,1H3,(H,24,28). The van der Waals surface area contributed by atoms with E-state index in [1.54, 1.807) is 17.9 Å². The third-order valence-electron chi connectivity index (χ3n) is 5.25. The number of alkyl halides is 3. The molecule has 0 saturated carbocycles. The average molecular weight is 416 g/mol. The van der Waals surface area contributed by atoms with Gasteiger partial charge in [0.15, 0.2) is 0 Å². The zero-order valence-electron chi connectivity index (χ0n) is 16.4. The summed E-state index contributed by atoms with van der Waals surface area (Å²) in [5, 5.41) is 12.6. The molecule has 1 aromatic rings. The molecule has 0 atom stereocenters. The number of benzene rings is 1. The summed E-state index contributed by atoms with van der Waals surface area (Å²) in [7, 11) is 0. The number of urea groups is 1. The highest BCUT2D eigenvalue weighted by Crippen LogP contribution is 2.39. The number of likely N-dealkylation sites (tertiary alicyclic amines) is 1. The number of nitrogens with zero attached hydrogens (tertiary/aromatic N) is 1. The maximum atomic E-state index is 13.3. The number of ether oxygens (including phenoxy) is 1. The van der Waals surface area contributed by atoms with Gasteiger partial charge in [0, 0.05) is 31.7 Å². The molecular formula is C20H27F3N2O4. The lowest BCUT2D eigenvalue weighted by Crippen LogP contribution is -2.49. The number of aliphatic hydroxyl groups excluding tert-OH is 1. The highest BCUT2D eigenvalue weighted by molar-refractivity contribution is 5.75. The molecule has 9 heteroatoms. The first kappa shape index (κ1) is 23.0. The van der Waals surface area contributed by atoms with E-state index in [4.69, 9.17) is 4.74 Å². The number of hydrogen-bond donors (Lipinski definition) is 2. The Morgan fingerprint density at radius 1 is 1.24 bits per heavy atom. The Kier molecular flexibility index (Phi) is 7.89. The highest BCUT2D eigenvalue weighted by Gasteiger charge is 2.39. The van der Waals surface area contributed by atoms with Crippen molar-refractivity contribution >= 4 is 12.0 Å². The van der Waals surface area contributed by atoms with Crippen LogP contribution in [0.25, 0.3) is 0 Å². The van der Waals surface area contributed by atoms with Crippen LogP contribution in [-0.2, 0) is 22.1 Å².